The van der Waals surface area contributed by atoms with Gasteiger partial charge in [0.1, 0.15) is 0 Å². The van der Waals surface area contributed by atoms with Crippen molar-refractivity contribution in [3.63, 3.8) is 0 Å². The van der Waals surface area contributed by atoms with Crippen LogP contribution >= 0.6 is 0 Å². The number of amides is 1. The fraction of sp³-hybridized carbons (Fsp3) is 0.467. The Morgan fingerprint density at radius 2 is 1.71 bits per heavy atom. The zero-order valence-corrected chi connectivity index (χ0v) is 20.9. The summed E-state index contributed by atoms with van der Waals surface area (Å²) in [5.74, 6) is 0.125. The largest absolute Gasteiger partial charge is 0.381 e. The molecule has 0 aliphatic carbocycles. The van der Waals surface area contributed by atoms with Gasteiger partial charge in [0, 0.05) is 68.3 Å². The molecule has 184 valence electrons. The highest BCUT2D eigenvalue weighted by Crippen LogP contribution is 2.34. The first-order valence-corrected chi connectivity index (χ1v) is 13.3. The zero-order chi connectivity index (χ0) is 24.0. The molecule has 3 heterocycles. The molecule has 0 atom stereocenters. The Morgan fingerprint density at radius 3 is 2.54 bits per heavy atom. The predicted molar refractivity (Wildman–Crippen MR) is 143 cm³/mol. The number of anilines is 1. The summed E-state index contributed by atoms with van der Waals surface area (Å²) in [6, 6.07) is 15.6. The van der Waals surface area contributed by atoms with Crippen LogP contribution in [0.5, 0.6) is 0 Å². The Kier molecular flexibility index (Phi) is 7.75. The van der Waals surface area contributed by atoms with E-state index < -0.39 is 0 Å². The SMILES string of the molecule is CC(=O)N1CCCCCCCN(C2CCOCC2)Cc2cc(-c3cncc4ccccc34)ccc21. The normalized spacial score (nSPS) is 19.1. The third-order valence-electron chi connectivity index (χ3n) is 7.64. The molecule has 0 unspecified atom stereocenters. The van der Waals surface area contributed by atoms with Crippen LogP contribution in [0.4, 0.5) is 5.69 Å². The molecule has 0 saturated carbocycles. The minimum absolute atomic E-state index is 0.125. The molecule has 1 aromatic heterocycles. The van der Waals surface area contributed by atoms with E-state index in [2.05, 4.69) is 52.3 Å². The van der Waals surface area contributed by atoms with Gasteiger partial charge in [0.05, 0.1) is 0 Å². The Hall–Kier alpha value is -2.76. The van der Waals surface area contributed by atoms with Crippen molar-refractivity contribution in [3.8, 4) is 11.1 Å². The Labute approximate surface area is 209 Å². The second kappa shape index (κ2) is 11.3. The van der Waals surface area contributed by atoms with E-state index in [1.807, 2.05) is 17.3 Å². The van der Waals surface area contributed by atoms with E-state index in [-0.39, 0.29) is 5.91 Å². The number of rotatable bonds is 2. The molecule has 3 aromatic rings. The number of aromatic nitrogens is 1. The zero-order valence-electron chi connectivity index (χ0n) is 20.9. The number of benzene rings is 2. The van der Waals surface area contributed by atoms with Crippen LogP contribution in [-0.2, 0) is 16.1 Å². The van der Waals surface area contributed by atoms with Crippen molar-refractivity contribution < 1.29 is 9.53 Å². The van der Waals surface area contributed by atoms with Gasteiger partial charge in [-0.05, 0) is 60.9 Å². The first kappa shape index (κ1) is 24.0. The molecule has 2 aromatic carbocycles. The van der Waals surface area contributed by atoms with Crippen LogP contribution in [0, 0.1) is 0 Å². The predicted octanol–water partition coefficient (Wildman–Crippen LogP) is 6.20. The van der Waals surface area contributed by atoms with Crippen molar-refractivity contribution in [1.82, 2.24) is 9.88 Å². The van der Waals surface area contributed by atoms with Gasteiger partial charge in [-0.3, -0.25) is 14.7 Å². The van der Waals surface area contributed by atoms with Crippen molar-refractivity contribution in [2.24, 2.45) is 0 Å². The summed E-state index contributed by atoms with van der Waals surface area (Å²) in [6.07, 6.45) is 12.0. The van der Waals surface area contributed by atoms with Crippen LogP contribution in [0.2, 0.25) is 0 Å². The molecule has 2 aliphatic heterocycles. The second-order valence-electron chi connectivity index (χ2n) is 10.0. The summed E-state index contributed by atoms with van der Waals surface area (Å²) in [6.45, 7) is 6.13. The maximum absolute atomic E-state index is 12.8. The van der Waals surface area contributed by atoms with Gasteiger partial charge in [-0.15, -0.1) is 0 Å². The highest BCUT2D eigenvalue weighted by atomic mass is 16.5. The molecule has 5 rings (SSSR count). The van der Waals surface area contributed by atoms with Gasteiger partial charge in [-0.25, -0.2) is 0 Å². The van der Waals surface area contributed by atoms with E-state index in [0.717, 1.165) is 74.3 Å². The summed E-state index contributed by atoms with van der Waals surface area (Å²) in [5.41, 5.74) is 4.60. The van der Waals surface area contributed by atoms with Crippen LogP contribution in [0.25, 0.3) is 21.9 Å². The molecule has 35 heavy (non-hydrogen) atoms. The lowest BCUT2D eigenvalue weighted by Crippen LogP contribution is -2.40. The number of hydrogen-bond acceptors (Lipinski definition) is 4. The Bertz CT molecular complexity index is 1150. The van der Waals surface area contributed by atoms with E-state index in [9.17, 15) is 4.79 Å². The van der Waals surface area contributed by atoms with Crippen LogP contribution in [0.3, 0.4) is 0 Å². The lowest BCUT2D eigenvalue weighted by atomic mass is 9.96. The standard InChI is InChI=1S/C30H37N3O2/c1-23(34)33-16-8-4-2-3-7-15-32(27-13-17-35-18-14-27)22-26-19-24(11-12-30(26)33)29-21-31-20-25-9-5-6-10-28(25)29/h5-6,9-12,19-21,27H,2-4,7-8,13-18,22H2,1H3. The summed E-state index contributed by atoms with van der Waals surface area (Å²) < 4.78 is 5.68. The third kappa shape index (κ3) is 5.57. The molecule has 2 aliphatic rings. The van der Waals surface area contributed by atoms with Crippen LogP contribution in [0.15, 0.2) is 54.9 Å². The van der Waals surface area contributed by atoms with Gasteiger partial charge >= 0.3 is 0 Å². The van der Waals surface area contributed by atoms with Crippen molar-refractivity contribution in [1.29, 1.82) is 0 Å². The molecule has 0 radical (unpaired) electrons. The lowest BCUT2D eigenvalue weighted by Gasteiger charge is -2.36. The fourth-order valence-corrected chi connectivity index (χ4v) is 5.71. The lowest BCUT2D eigenvalue weighted by molar-refractivity contribution is -0.116. The topological polar surface area (TPSA) is 45.7 Å². The summed E-state index contributed by atoms with van der Waals surface area (Å²) >= 11 is 0. The summed E-state index contributed by atoms with van der Waals surface area (Å²) in [5, 5.41) is 2.35. The monoisotopic (exact) mass is 471 g/mol. The molecule has 1 fully saturated rings. The molecule has 0 bridgehead atoms. The Balaban J connectivity index is 1.58. The van der Waals surface area contributed by atoms with Crippen molar-refractivity contribution in [2.75, 3.05) is 31.2 Å². The number of ether oxygens (including phenoxy) is 1. The summed E-state index contributed by atoms with van der Waals surface area (Å²) in [7, 11) is 0. The number of carbonyl (C=O) groups excluding carboxylic acids is 1. The van der Waals surface area contributed by atoms with E-state index in [1.165, 1.54) is 36.6 Å². The number of nitrogens with zero attached hydrogens (tertiary/aromatic N) is 3. The highest BCUT2D eigenvalue weighted by Gasteiger charge is 2.25. The van der Waals surface area contributed by atoms with Crippen LogP contribution in [0.1, 0.15) is 57.4 Å². The highest BCUT2D eigenvalue weighted by molar-refractivity contribution is 5.97. The van der Waals surface area contributed by atoms with Crippen molar-refractivity contribution >= 4 is 22.4 Å². The first-order valence-electron chi connectivity index (χ1n) is 13.3. The Morgan fingerprint density at radius 1 is 0.943 bits per heavy atom. The van der Waals surface area contributed by atoms with E-state index in [4.69, 9.17) is 4.74 Å². The molecule has 1 saturated heterocycles. The second-order valence-corrected chi connectivity index (χ2v) is 10.0. The first-order chi connectivity index (χ1) is 17.2. The maximum atomic E-state index is 12.8. The number of fused-ring (bicyclic) bond motifs is 2. The van der Waals surface area contributed by atoms with Crippen molar-refractivity contribution in [3.05, 3.63) is 60.4 Å². The minimum Gasteiger partial charge on any atom is -0.381 e. The van der Waals surface area contributed by atoms with Gasteiger partial charge in [-0.1, -0.05) is 49.6 Å². The number of hydrogen-bond donors (Lipinski definition) is 0. The minimum atomic E-state index is 0.125. The van der Waals surface area contributed by atoms with Crippen LogP contribution in [-0.4, -0.2) is 48.1 Å². The van der Waals surface area contributed by atoms with Gasteiger partial charge in [-0.2, -0.15) is 0 Å². The van der Waals surface area contributed by atoms with Gasteiger partial charge in [0.25, 0.3) is 0 Å². The number of pyridine rings is 1. The van der Waals surface area contributed by atoms with Crippen molar-refractivity contribution in [2.45, 2.75) is 64.5 Å². The summed E-state index contributed by atoms with van der Waals surface area (Å²) in [4.78, 5) is 22.0. The number of carbonyl (C=O) groups is 1. The molecule has 0 N–H and O–H groups in total. The molecular weight excluding hydrogens is 434 g/mol. The fourth-order valence-electron chi connectivity index (χ4n) is 5.71. The quantitative estimate of drug-likeness (QED) is 0.446. The van der Waals surface area contributed by atoms with E-state index in [1.54, 1.807) is 6.92 Å². The smallest absolute Gasteiger partial charge is 0.223 e. The molecule has 1 amide bonds. The van der Waals surface area contributed by atoms with Gasteiger partial charge in [0.2, 0.25) is 5.91 Å². The maximum Gasteiger partial charge on any atom is 0.223 e. The van der Waals surface area contributed by atoms with E-state index in [0.29, 0.717) is 6.04 Å². The van der Waals surface area contributed by atoms with Crippen LogP contribution < -0.4 is 4.90 Å². The van der Waals surface area contributed by atoms with Gasteiger partial charge in [0.15, 0.2) is 0 Å². The molecule has 5 heteroatoms. The molecular formula is C30H37N3O2. The van der Waals surface area contributed by atoms with Gasteiger partial charge < -0.3 is 9.64 Å². The third-order valence-corrected chi connectivity index (χ3v) is 7.64. The molecule has 0 spiro atoms. The average molecular weight is 472 g/mol. The molecule has 5 nitrogen and oxygen atoms in total. The average Bonchev–Trinajstić information content (AvgIpc) is 2.89. The van der Waals surface area contributed by atoms with E-state index >= 15 is 0 Å².